The number of carbonyl (C=O) groups excluding carboxylic acids is 1. The Kier molecular flexibility index (Phi) is 6.78. The van der Waals surface area contributed by atoms with Gasteiger partial charge in [-0.05, 0) is 26.0 Å². The first-order valence-electron chi connectivity index (χ1n) is 12.2. The Bertz CT molecular complexity index is 1410. The normalized spacial score (nSPS) is 14.9. The first kappa shape index (κ1) is 24.3. The van der Waals surface area contributed by atoms with Crippen molar-refractivity contribution in [2.24, 2.45) is 0 Å². The first-order valence-corrected chi connectivity index (χ1v) is 12.2. The zero-order valence-corrected chi connectivity index (χ0v) is 20.7. The lowest BCUT2D eigenvalue weighted by molar-refractivity contribution is -0.384. The van der Waals surface area contributed by atoms with Crippen molar-refractivity contribution < 1.29 is 14.2 Å². The van der Waals surface area contributed by atoms with Gasteiger partial charge in [0, 0.05) is 48.9 Å². The number of nitro benzene ring substituents is 1. The van der Waals surface area contributed by atoms with Gasteiger partial charge in [-0.1, -0.05) is 65.3 Å². The van der Waals surface area contributed by atoms with E-state index >= 15 is 0 Å². The molecule has 0 bridgehead atoms. The van der Waals surface area contributed by atoms with E-state index in [0.29, 0.717) is 54.7 Å². The number of nitro groups is 1. The van der Waals surface area contributed by atoms with Crippen molar-refractivity contribution >= 4 is 17.2 Å². The quantitative estimate of drug-likeness (QED) is 0.198. The molecule has 0 N–H and O–H groups in total. The molecule has 3 aromatic carbocycles. The average molecular weight is 498 g/mol. The van der Waals surface area contributed by atoms with Crippen LogP contribution in [0.3, 0.4) is 0 Å². The molecule has 9 heteroatoms. The van der Waals surface area contributed by atoms with Crippen molar-refractivity contribution in [3.05, 3.63) is 105 Å². The lowest BCUT2D eigenvalue weighted by atomic mass is 10.0. The minimum absolute atomic E-state index is 0.0667. The Morgan fingerprint density at radius 1 is 0.973 bits per heavy atom. The Morgan fingerprint density at radius 2 is 1.68 bits per heavy atom. The van der Waals surface area contributed by atoms with Crippen molar-refractivity contribution in [2.75, 3.05) is 31.1 Å². The molecule has 0 spiro atoms. The number of anilines is 1. The molecule has 0 saturated carbocycles. The minimum atomic E-state index is -0.419. The number of rotatable bonds is 7. The molecule has 0 aliphatic carbocycles. The van der Waals surface area contributed by atoms with Crippen molar-refractivity contribution in [3.63, 3.8) is 0 Å². The van der Waals surface area contributed by atoms with E-state index < -0.39 is 4.92 Å². The highest BCUT2D eigenvalue weighted by molar-refractivity contribution is 6.09. The maximum absolute atomic E-state index is 12.8. The Morgan fingerprint density at radius 3 is 2.35 bits per heavy atom. The third-order valence-electron chi connectivity index (χ3n) is 6.78. The van der Waals surface area contributed by atoms with E-state index in [4.69, 9.17) is 4.52 Å². The summed E-state index contributed by atoms with van der Waals surface area (Å²) in [4.78, 5) is 33.1. The van der Waals surface area contributed by atoms with Crippen molar-refractivity contribution in [1.29, 1.82) is 0 Å². The van der Waals surface area contributed by atoms with E-state index in [1.165, 1.54) is 6.07 Å². The third kappa shape index (κ3) is 5.12. The fourth-order valence-electron chi connectivity index (χ4n) is 4.57. The minimum Gasteiger partial charge on any atom is -0.363 e. The van der Waals surface area contributed by atoms with Gasteiger partial charge in [-0.25, -0.2) is 0 Å². The molecule has 4 aromatic rings. The summed E-state index contributed by atoms with van der Waals surface area (Å²) in [5.41, 5.74) is 3.31. The zero-order chi connectivity index (χ0) is 25.9. The van der Waals surface area contributed by atoms with Gasteiger partial charge in [-0.15, -0.1) is 0 Å². The molecule has 5 rings (SSSR count). The Balaban J connectivity index is 1.28. The van der Waals surface area contributed by atoms with Crippen LogP contribution in [0.4, 0.5) is 11.4 Å². The van der Waals surface area contributed by atoms with Gasteiger partial charge in [0.15, 0.2) is 5.78 Å². The first-order chi connectivity index (χ1) is 17.9. The molecule has 1 aliphatic heterocycles. The number of hydrogen-bond acceptors (Lipinski definition) is 8. The van der Waals surface area contributed by atoms with Gasteiger partial charge in [0.25, 0.3) is 5.69 Å². The van der Waals surface area contributed by atoms with Gasteiger partial charge < -0.3 is 9.42 Å². The van der Waals surface area contributed by atoms with E-state index in [9.17, 15) is 14.9 Å². The van der Waals surface area contributed by atoms with E-state index in [0.717, 1.165) is 11.1 Å². The highest BCUT2D eigenvalue weighted by atomic mass is 16.6. The van der Waals surface area contributed by atoms with Gasteiger partial charge in [-0.3, -0.25) is 19.8 Å². The average Bonchev–Trinajstić information content (AvgIpc) is 3.43. The topological polar surface area (TPSA) is 106 Å². The van der Waals surface area contributed by atoms with Gasteiger partial charge in [0.05, 0.1) is 11.0 Å². The van der Waals surface area contributed by atoms with E-state index in [1.54, 1.807) is 36.4 Å². The molecule has 2 heterocycles. The Labute approximate surface area is 214 Å². The Hall–Kier alpha value is -4.37. The summed E-state index contributed by atoms with van der Waals surface area (Å²) in [5, 5.41) is 16.0. The van der Waals surface area contributed by atoms with Crippen LogP contribution in [0.1, 0.15) is 40.3 Å². The van der Waals surface area contributed by atoms with Crippen molar-refractivity contribution in [1.82, 2.24) is 15.0 Å². The lowest BCUT2D eigenvalue weighted by Crippen LogP contribution is -2.47. The van der Waals surface area contributed by atoms with Crippen LogP contribution in [0.15, 0.2) is 77.3 Å². The number of aromatic nitrogens is 2. The molecule has 0 radical (unpaired) electrons. The third-order valence-corrected chi connectivity index (χ3v) is 6.78. The van der Waals surface area contributed by atoms with Crippen LogP contribution >= 0.6 is 0 Å². The molecular weight excluding hydrogens is 470 g/mol. The zero-order valence-electron chi connectivity index (χ0n) is 20.7. The van der Waals surface area contributed by atoms with Gasteiger partial charge in [0.2, 0.25) is 11.7 Å². The van der Waals surface area contributed by atoms with E-state index in [1.807, 2.05) is 49.1 Å². The second-order valence-electron chi connectivity index (χ2n) is 9.18. The predicted octanol–water partition coefficient (Wildman–Crippen LogP) is 5.07. The fourth-order valence-corrected chi connectivity index (χ4v) is 4.57. The van der Waals surface area contributed by atoms with Crippen LogP contribution in [-0.2, 0) is 0 Å². The second kappa shape index (κ2) is 10.3. The summed E-state index contributed by atoms with van der Waals surface area (Å²) >= 11 is 0. The summed E-state index contributed by atoms with van der Waals surface area (Å²) in [7, 11) is 0. The molecule has 1 saturated heterocycles. The standard InChI is InChI=1S/C28H27N5O4/c1-19-8-10-22(11-9-19)27-29-28(37-30-27)20(2)31-14-16-32(17-15-31)24-13-12-23(18-25(24)33(35)36)26(34)21-6-4-3-5-7-21/h3-13,18,20H,14-17H2,1-2H3. The molecule has 1 fully saturated rings. The molecule has 188 valence electrons. The van der Waals surface area contributed by atoms with Crippen LogP contribution in [-0.4, -0.2) is 51.9 Å². The highest BCUT2D eigenvalue weighted by Crippen LogP contribution is 2.32. The molecular formula is C28H27N5O4. The van der Waals surface area contributed by atoms with Gasteiger partial charge in [-0.2, -0.15) is 4.98 Å². The summed E-state index contributed by atoms with van der Waals surface area (Å²) in [6, 6.07) is 21.4. The van der Waals surface area contributed by atoms with Crippen molar-refractivity contribution in [2.45, 2.75) is 19.9 Å². The summed E-state index contributed by atoms with van der Waals surface area (Å²) in [6.07, 6.45) is 0. The molecule has 9 nitrogen and oxygen atoms in total. The van der Waals surface area contributed by atoms with Crippen molar-refractivity contribution in [3.8, 4) is 11.4 Å². The predicted molar refractivity (Wildman–Crippen MR) is 140 cm³/mol. The fraction of sp³-hybridized carbons (Fsp3) is 0.250. The van der Waals surface area contributed by atoms with Gasteiger partial charge >= 0.3 is 0 Å². The summed E-state index contributed by atoms with van der Waals surface area (Å²) < 4.78 is 5.56. The maximum atomic E-state index is 12.8. The molecule has 1 aliphatic rings. The number of nitrogens with zero attached hydrogens (tertiary/aromatic N) is 5. The summed E-state index contributed by atoms with van der Waals surface area (Å²) in [5.74, 6) is 0.860. The molecule has 0 amide bonds. The maximum Gasteiger partial charge on any atom is 0.293 e. The lowest BCUT2D eigenvalue weighted by Gasteiger charge is -2.37. The molecule has 1 unspecified atom stereocenters. The highest BCUT2D eigenvalue weighted by Gasteiger charge is 2.29. The van der Waals surface area contributed by atoms with Crippen LogP contribution in [0.2, 0.25) is 0 Å². The van der Waals surface area contributed by atoms with E-state index in [2.05, 4.69) is 15.0 Å². The SMILES string of the molecule is Cc1ccc(-c2noc(C(C)N3CCN(c4ccc(C(=O)c5ccccc5)cc4[N+](=O)[O-])CC3)n2)cc1. The molecule has 1 atom stereocenters. The van der Waals surface area contributed by atoms with Crippen LogP contribution < -0.4 is 4.90 Å². The molecule has 37 heavy (non-hydrogen) atoms. The number of carbonyl (C=O) groups is 1. The smallest absolute Gasteiger partial charge is 0.293 e. The number of benzene rings is 3. The number of aryl methyl sites for hydroxylation is 1. The van der Waals surface area contributed by atoms with E-state index in [-0.39, 0.29) is 17.5 Å². The number of hydrogen-bond donors (Lipinski definition) is 0. The number of ketones is 1. The van der Waals surface area contributed by atoms with Crippen LogP contribution in [0.5, 0.6) is 0 Å². The van der Waals surface area contributed by atoms with Gasteiger partial charge in [0.1, 0.15) is 5.69 Å². The van der Waals surface area contributed by atoms with Crippen LogP contribution in [0.25, 0.3) is 11.4 Å². The van der Waals surface area contributed by atoms with Crippen LogP contribution in [0, 0.1) is 17.0 Å². The molecule has 1 aromatic heterocycles. The largest absolute Gasteiger partial charge is 0.363 e. The number of piperazine rings is 1. The monoisotopic (exact) mass is 497 g/mol. The summed E-state index contributed by atoms with van der Waals surface area (Å²) in [6.45, 7) is 6.58. The second-order valence-corrected chi connectivity index (χ2v) is 9.18.